The van der Waals surface area contributed by atoms with Crippen molar-refractivity contribution in [2.75, 3.05) is 38.5 Å². The van der Waals surface area contributed by atoms with Crippen LogP contribution in [0, 0.1) is 18.2 Å². The van der Waals surface area contributed by atoms with Crippen LogP contribution in [0.1, 0.15) is 38.6 Å². The molecular weight excluding hydrogens is 533 g/mol. The van der Waals surface area contributed by atoms with E-state index in [1.54, 1.807) is 6.07 Å². The zero-order valence-electron chi connectivity index (χ0n) is 23.0. The summed E-state index contributed by atoms with van der Waals surface area (Å²) < 4.78 is 44.7. The smallest absolute Gasteiger partial charge is 0.244 e. The molecule has 40 heavy (non-hydrogen) atoms. The van der Waals surface area contributed by atoms with Crippen LogP contribution < -0.4 is 5.32 Å². The number of halogens is 1. The minimum absolute atomic E-state index is 0.0841. The van der Waals surface area contributed by atoms with Crippen molar-refractivity contribution in [1.82, 2.24) is 38.7 Å². The highest BCUT2D eigenvalue weighted by Gasteiger charge is 2.49. The Hall–Kier alpha value is -3.55. The van der Waals surface area contributed by atoms with E-state index < -0.39 is 15.8 Å². The molecule has 6 heterocycles. The van der Waals surface area contributed by atoms with E-state index in [1.165, 1.54) is 22.8 Å². The van der Waals surface area contributed by atoms with Gasteiger partial charge < -0.3 is 14.8 Å². The van der Waals surface area contributed by atoms with Gasteiger partial charge in [-0.2, -0.15) is 4.31 Å². The fourth-order valence-electron chi connectivity index (χ4n) is 5.65. The molecule has 2 saturated heterocycles. The lowest BCUT2D eigenvalue weighted by atomic mass is 9.73. The molecule has 0 atom stereocenters. The number of sulfonamides is 1. The fraction of sp³-hybridized carbons (Fsp3) is 0.444. The molecule has 0 aliphatic carbocycles. The molecule has 210 valence electrons. The maximum Gasteiger partial charge on any atom is 0.244 e. The predicted molar refractivity (Wildman–Crippen MR) is 149 cm³/mol. The van der Waals surface area contributed by atoms with Gasteiger partial charge in [-0.1, -0.05) is 0 Å². The van der Waals surface area contributed by atoms with E-state index in [9.17, 15) is 12.8 Å². The van der Waals surface area contributed by atoms with Crippen molar-refractivity contribution in [3.8, 4) is 11.3 Å². The first-order chi connectivity index (χ1) is 19.0. The van der Waals surface area contributed by atoms with Crippen molar-refractivity contribution >= 4 is 33.0 Å². The van der Waals surface area contributed by atoms with Gasteiger partial charge in [0.25, 0.3) is 0 Å². The largest absolute Gasteiger partial charge is 0.324 e. The minimum atomic E-state index is -3.62. The van der Waals surface area contributed by atoms with Crippen LogP contribution in [-0.2, 0) is 10.0 Å². The molecule has 4 aromatic heterocycles. The monoisotopic (exact) mass is 565 g/mol. The lowest BCUT2D eigenvalue weighted by molar-refractivity contribution is 0.00751. The van der Waals surface area contributed by atoms with Crippen LogP contribution in [0.15, 0.2) is 41.7 Å². The van der Waals surface area contributed by atoms with Crippen LogP contribution in [0.4, 0.5) is 16.2 Å². The number of aryl methyl sites for hydroxylation is 1. The molecule has 6 rings (SSSR count). The number of imidazole rings is 1. The standard InChI is InChI=1S/C27H32FN9O2S/c1-17(2)37-18(3)32-25-22(37)11-19(12-30-25)24-21(28)14-31-26(34-24)33-23-6-5-20(13-29-23)40(38,39)36-15-27(16-36)7-9-35(4)10-8-27/h5-6,11-14,17H,7-10,15-16H2,1-4H3,(H,29,31,33,34). The first-order valence-corrected chi connectivity index (χ1v) is 14.8. The van der Waals surface area contributed by atoms with Crippen molar-refractivity contribution in [3.63, 3.8) is 0 Å². The Morgan fingerprint density at radius 1 is 1.02 bits per heavy atom. The summed E-state index contributed by atoms with van der Waals surface area (Å²) in [5.41, 5.74) is 2.05. The van der Waals surface area contributed by atoms with E-state index in [1.807, 2.05) is 31.4 Å². The predicted octanol–water partition coefficient (Wildman–Crippen LogP) is 3.77. The number of hydrogen-bond donors (Lipinski definition) is 1. The lowest BCUT2D eigenvalue weighted by Crippen LogP contribution is -2.61. The third kappa shape index (κ3) is 4.71. The zero-order valence-corrected chi connectivity index (χ0v) is 23.8. The summed E-state index contributed by atoms with van der Waals surface area (Å²) in [6, 6.07) is 5.05. The number of piperidine rings is 1. The number of rotatable bonds is 6. The maximum atomic E-state index is 14.8. The van der Waals surface area contributed by atoms with Gasteiger partial charge in [0, 0.05) is 42.5 Å². The molecule has 2 fully saturated rings. The van der Waals surface area contributed by atoms with Crippen LogP contribution in [0.3, 0.4) is 0 Å². The van der Waals surface area contributed by atoms with E-state index in [2.05, 4.69) is 42.2 Å². The summed E-state index contributed by atoms with van der Waals surface area (Å²) in [5.74, 6) is 0.701. The number of hydrogen-bond acceptors (Lipinski definition) is 9. The third-order valence-electron chi connectivity index (χ3n) is 7.94. The number of anilines is 2. The number of likely N-dealkylation sites (tertiary alicyclic amines) is 1. The fourth-order valence-corrected chi connectivity index (χ4v) is 7.27. The highest BCUT2D eigenvalue weighted by atomic mass is 32.2. The molecule has 0 bridgehead atoms. The van der Waals surface area contributed by atoms with Crippen LogP contribution in [0.2, 0.25) is 0 Å². The second kappa shape index (κ2) is 9.82. The van der Waals surface area contributed by atoms with E-state index >= 15 is 0 Å². The molecule has 0 aromatic carbocycles. The Labute approximate surface area is 232 Å². The van der Waals surface area contributed by atoms with Crippen LogP contribution >= 0.6 is 0 Å². The molecular formula is C27H32FN9O2S. The molecule has 0 amide bonds. The normalized spacial score (nSPS) is 17.9. The van der Waals surface area contributed by atoms with Crippen molar-refractivity contribution in [2.24, 2.45) is 5.41 Å². The Bertz CT molecular complexity index is 1670. The van der Waals surface area contributed by atoms with Gasteiger partial charge in [-0.15, -0.1) is 0 Å². The average Bonchev–Trinajstić information content (AvgIpc) is 3.24. The Balaban J connectivity index is 1.19. The number of nitrogens with one attached hydrogen (secondary N) is 1. The van der Waals surface area contributed by atoms with Crippen molar-refractivity contribution in [1.29, 1.82) is 0 Å². The molecule has 11 nitrogen and oxygen atoms in total. The molecule has 0 radical (unpaired) electrons. The second-order valence-corrected chi connectivity index (χ2v) is 13.1. The van der Waals surface area contributed by atoms with E-state index in [0.717, 1.165) is 43.5 Å². The molecule has 1 N–H and O–H groups in total. The summed E-state index contributed by atoms with van der Waals surface area (Å²) in [4.78, 5) is 24.0. The average molecular weight is 566 g/mol. The summed E-state index contributed by atoms with van der Waals surface area (Å²) >= 11 is 0. The minimum Gasteiger partial charge on any atom is -0.324 e. The quantitative estimate of drug-likeness (QED) is 0.372. The van der Waals surface area contributed by atoms with E-state index in [-0.39, 0.29) is 28.0 Å². The Morgan fingerprint density at radius 3 is 2.45 bits per heavy atom. The van der Waals surface area contributed by atoms with Crippen LogP contribution in [-0.4, -0.2) is 80.3 Å². The van der Waals surface area contributed by atoms with Crippen LogP contribution in [0.25, 0.3) is 22.4 Å². The van der Waals surface area contributed by atoms with Gasteiger partial charge in [-0.05, 0) is 71.9 Å². The van der Waals surface area contributed by atoms with E-state index in [4.69, 9.17) is 0 Å². The highest BCUT2D eigenvalue weighted by Crippen LogP contribution is 2.42. The van der Waals surface area contributed by atoms with Gasteiger partial charge >= 0.3 is 0 Å². The van der Waals surface area contributed by atoms with Gasteiger partial charge in [-0.25, -0.2) is 37.7 Å². The zero-order chi connectivity index (χ0) is 28.2. The summed E-state index contributed by atoms with van der Waals surface area (Å²) in [6.45, 7) is 9.10. The highest BCUT2D eigenvalue weighted by molar-refractivity contribution is 7.89. The number of fused-ring (bicyclic) bond motifs is 1. The molecule has 13 heteroatoms. The molecule has 2 aliphatic heterocycles. The summed E-state index contributed by atoms with van der Waals surface area (Å²) in [6.07, 6.45) is 5.98. The van der Waals surface area contributed by atoms with Gasteiger partial charge in [0.05, 0.1) is 11.7 Å². The van der Waals surface area contributed by atoms with Gasteiger partial charge in [-0.3, -0.25) is 0 Å². The van der Waals surface area contributed by atoms with E-state index in [0.29, 0.717) is 30.1 Å². The molecule has 0 unspecified atom stereocenters. The van der Waals surface area contributed by atoms with Gasteiger partial charge in [0.15, 0.2) is 11.5 Å². The molecule has 4 aromatic rings. The first-order valence-electron chi connectivity index (χ1n) is 13.3. The van der Waals surface area contributed by atoms with Gasteiger partial charge in [0.1, 0.15) is 22.2 Å². The molecule has 1 spiro atoms. The number of aromatic nitrogens is 6. The maximum absolute atomic E-state index is 14.8. The van der Waals surface area contributed by atoms with Crippen molar-refractivity contribution < 1.29 is 12.8 Å². The third-order valence-corrected chi connectivity index (χ3v) is 9.72. The topological polar surface area (TPSA) is 122 Å². The molecule has 2 aliphatic rings. The van der Waals surface area contributed by atoms with Crippen LogP contribution in [0.5, 0.6) is 0 Å². The second-order valence-electron chi connectivity index (χ2n) is 11.2. The summed E-state index contributed by atoms with van der Waals surface area (Å²) in [7, 11) is -1.52. The SMILES string of the molecule is Cc1nc2ncc(-c3nc(Nc4ccc(S(=O)(=O)N5CC6(CCN(C)CC6)C5)cn4)ncc3F)cc2n1C(C)C. The number of pyridine rings is 2. The Morgan fingerprint density at radius 2 is 1.77 bits per heavy atom. The number of nitrogens with zero attached hydrogens (tertiary/aromatic N) is 8. The lowest BCUT2D eigenvalue weighted by Gasteiger charge is -2.52. The van der Waals surface area contributed by atoms with Crippen molar-refractivity contribution in [3.05, 3.63) is 48.4 Å². The van der Waals surface area contributed by atoms with Crippen molar-refractivity contribution in [2.45, 2.75) is 44.6 Å². The first kappa shape index (κ1) is 26.7. The Kier molecular flexibility index (Phi) is 6.55. The van der Waals surface area contributed by atoms with Gasteiger partial charge in [0.2, 0.25) is 16.0 Å². The molecule has 0 saturated carbocycles. The summed E-state index contributed by atoms with van der Waals surface area (Å²) in [5, 5.41) is 2.95.